The summed E-state index contributed by atoms with van der Waals surface area (Å²) in [4.78, 5) is 24.4. The molecule has 2 rings (SSSR count). The SMILES string of the molecule is CC(C)(C)OC(=O)N1CC[C@@]2(CC(=O)N2)C1. The number of rotatable bonds is 0. The summed E-state index contributed by atoms with van der Waals surface area (Å²) in [5, 5.41) is 2.88. The zero-order valence-corrected chi connectivity index (χ0v) is 10.0. The van der Waals surface area contributed by atoms with Crippen molar-refractivity contribution < 1.29 is 14.3 Å². The van der Waals surface area contributed by atoms with E-state index in [1.54, 1.807) is 4.90 Å². The van der Waals surface area contributed by atoms with Crippen molar-refractivity contribution in [3.8, 4) is 0 Å². The van der Waals surface area contributed by atoms with Crippen LogP contribution in [-0.4, -0.2) is 41.1 Å². The minimum atomic E-state index is -0.463. The van der Waals surface area contributed by atoms with Crippen molar-refractivity contribution in [3.05, 3.63) is 0 Å². The standard InChI is InChI=1S/C11H18N2O3/c1-10(2,3)16-9(15)13-5-4-11(7-13)6-8(14)12-11/h4-7H2,1-3H3,(H,12,14)/t11-/m1/s1. The van der Waals surface area contributed by atoms with Crippen LogP contribution in [0.25, 0.3) is 0 Å². The Balaban J connectivity index is 1.89. The molecule has 0 aromatic heterocycles. The van der Waals surface area contributed by atoms with Crippen LogP contribution in [0.3, 0.4) is 0 Å². The van der Waals surface area contributed by atoms with Gasteiger partial charge in [0.2, 0.25) is 5.91 Å². The molecule has 2 aliphatic heterocycles. The Bertz CT molecular complexity index is 325. The molecule has 0 unspecified atom stereocenters. The molecule has 0 bridgehead atoms. The Morgan fingerprint density at radius 2 is 2.12 bits per heavy atom. The smallest absolute Gasteiger partial charge is 0.410 e. The molecule has 5 nitrogen and oxygen atoms in total. The molecule has 2 heterocycles. The van der Waals surface area contributed by atoms with Gasteiger partial charge in [0.25, 0.3) is 0 Å². The molecule has 1 atom stereocenters. The van der Waals surface area contributed by atoms with E-state index in [1.807, 2.05) is 20.8 Å². The summed E-state index contributed by atoms with van der Waals surface area (Å²) >= 11 is 0. The molecule has 0 aromatic carbocycles. The van der Waals surface area contributed by atoms with E-state index in [9.17, 15) is 9.59 Å². The number of amides is 2. The molecule has 0 aliphatic carbocycles. The maximum atomic E-state index is 11.8. The van der Waals surface area contributed by atoms with Crippen molar-refractivity contribution in [1.82, 2.24) is 10.2 Å². The molecule has 5 heteroatoms. The largest absolute Gasteiger partial charge is 0.444 e. The van der Waals surface area contributed by atoms with Crippen molar-refractivity contribution in [2.75, 3.05) is 13.1 Å². The zero-order valence-electron chi connectivity index (χ0n) is 10.0. The summed E-state index contributed by atoms with van der Waals surface area (Å²) in [7, 11) is 0. The lowest BCUT2D eigenvalue weighted by Gasteiger charge is -2.38. The molecule has 2 aliphatic rings. The van der Waals surface area contributed by atoms with Crippen LogP contribution in [-0.2, 0) is 9.53 Å². The number of carbonyl (C=O) groups excluding carboxylic acids is 2. The monoisotopic (exact) mass is 226 g/mol. The molecule has 0 radical (unpaired) electrons. The quantitative estimate of drug-likeness (QED) is 0.624. The van der Waals surface area contributed by atoms with E-state index in [0.717, 1.165) is 6.42 Å². The second-order valence-corrected chi connectivity index (χ2v) is 5.66. The Labute approximate surface area is 95.1 Å². The van der Waals surface area contributed by atoms with E-state index in [1.165, 1.54) is 0 Å². The highest BCUT2D eigenvalue weighted by atomic mass is 16.6. The van der Waals surface area contributed by atoms with Crippen molar-refractivity contribution in [2.24, 2.45) is 0 Å². The van der Waals surface area contributed by atoms with Gasteiger partial charge >= 0.3 is 6.09 Å². The number of nitrogens with zero attached hydrogens (tertiary/aromatic N) is 1. The maximum Gasteiger partial charge on any atom is 0.410 e. The lowest BCUT2D eigenvalue weighted by atomic mass is 9.86. The predicted octanol–water partition coefficient (Wildman–Crippen LogP) is 0.886. The summed E-state index contributed by atoms with van der Waals surface area (Å²) in [6.07, 6.45) is 1.08. The highest BCUT2D eigenvalue weighted by Gasteiger charge is 2.49. The molecular weight excluding hydrogens is 208 g/mol. The number of β-lactam (4-membered cyclic amide) rings is 1. The van der Waals surface area contributed by atoms with Crippen molar-refractivity contribution in [1.29, 1.82) is 0 Å². The Morgan fingerprint density at radius 3 is 2.62 bits per heavy atom. The van der Waals surface area contributed by atoms with Gasteiger partial charge in [-0.1, -0.05) is 0 Å². The van der Waals surface area contributed by atoms with Gasteiger partial charge in [0.15, 0.2) is 0 Å². The van der Waals surface area contributed by atoms with Gasteiger partial charge in [-0.05, 0) is 27.2 Å². The molecule has 2 amide bonds. The van der Waals surface area contributed by atoms with Crippen molar-refractivity contribution >= 4 is 12.0 Å². The first-order valence-electron chi connectivity index (χ1n) is 5.59. The van der Waals surface area contributed by atoms with Gasteiger partial charge in [0.05, 0.1) is 12.0 Å². The summed E-state index contributed by atoms with van der Waals surface area (Å²) in [5.74, 6) is 0.0750. The number of ether oxygens (including phenoxy) is 1. The fourth-order valence-corrected chi connectivity index (χ4v) is 2.19. The normalized spacial score (nSPS) is 28.9. The lowest BCUT2D eigenvalue weighted by molar-refractivity contribution is -0.132. The average molecular weight is 226 g/mol. The number of likely N-dealkylation sites (tertiary alicyclic amines) is 1. The molecular formula is C11H18N2O3. The molecule has 1 N–H and O–H groups in total. The molecule has 2 saturated heterocycles. The molecule has 0 aromatic rings. The topological polar surface area (TPSA) is 58.6 Å². The van der Waals surface area contributed by atoms with Gasteiger partial charge in [-0.2, -0.15) is 0 Å². The third kappa shape index (κ3) is 2.13. The van der Waals surface area contributed by atoms with Crippen LogP contribution in [0.5, 0.6) is 0 Å². The van der Waals surface area contributed by atoms with Gasteiger partial charge in [0, 0.05) is 13.1 Å². The first-order valence-corrected chi connectivity index (χ1v) is 5.59. The first-order chi connectivity index (χ1) is 7.30. The lowest BCUT2D eigenvalue weighted by Crippen LogP contribution is -2.62. The Morgan fingerprint density at radius 1 is 1.50 bits per heavy atom. The average Bonchev–Trinajstić information content (AvgIpc) is 2.45. The molecule has 90 valence electrons. The van der Waals surface area contributed by atoms with Gasteiger partial charge < -0.3 is 15.0 Å². The van der Waals surface area contributed by atoms with Crippen LogP contribution < -0.4 is 5.32 Å². The molecule has 1 spiro atoms. The zero-order chi connectivity index (χ0) is 12.0. The molecule has 2 fully saturated rings. The number of hydrogen-bond acceptors (Lipinski definition) is 3. The van der Waals surface area contributed by atoms with E-state index in [2.05, 4.69) is 5.32 Å². The van der Waals surface area contributed by atoms with E-state index in [0.29, 0.717) is 19.5 Å². The summed E-state index contributed by atoms with van der Waals surface area (Å²) in [6, 6.07) is 0. The van der Waals surface area contributed by atoms with E-state index >= 15 is 0 Å². The maximum absolute atomic E-state index is 11.8. The van der Waals surface area contributed by atoms with Gasteiger partial charge in [-0.25, -0.2) is 4.79 Å². The van der Waals surface area contributed by atoms with Crippen molar-refractivity contribution in [2.45, 2.75) is 44.8 Å². The van der Waals surface area contributed by atoms with Crippen LogP contribution >= 0.6 is 0 Å². The second-order valence-electron chi connectivity index (χ2n) is 5.66. The second kappa shape index (κ2) is 3.37. The minimum absolute atomic E-state index is 0.0750. The Hall–Kier alpha value is -1.26. The van der Waals surface area contributed by atoms with Crippen LogP contribution in [0.15, 0.2) is 0 Å². The van der Waals surface area contributed by atoms with Crippen LogP contribution in [0.2, 0.25) is 0 Å². The summed E-state index contributed by atoms with van der Waals surface area (Å²) < 4.78 is 5.28. The van der Waals surface area contributed by atoms with E-state index < -0.39 is 5.60 Å². The fourth-order valence-electron chi connectivity index (χ4n) is 2.19. The highest BCUT2D eigenvalue weighted by molar-refractivity contribution is 5.85. The van der Waals surface area contributed by atoms with Crippen LogP contribution in [0.1, 0.15) is 33.6 Å². The van der Waals surface area contributed by atoms with Gasteiger partial charge in [-0.15, -0.1) is 0 Å². The third-order valence-electron chi connectivity index (χ3n) is 2.91. The first kappa shape index (κ1) is 11.2. The predicted molar refractivity (Wildman–Crippen MR) is 57.9 cm³/mol. The van der Waals surface area contributed by atoms with Gasteiger partial charge in [-0.3, -0.25) is 4.79 Å². The molecule has 16 heavy (non-hydrogen) atoms. The number of nitrogens with one attached hydrogen (secondary N) is 1. The van der Waals surface area contributed by atoms with Crippen LogP contribution in [0.4, 0.5) is 4.79 Å². The third-order valence-corrected chi connectivity index (χ3v) is 2.91. The summed E-state index contributed by atoms with van der Waals surface area (Å²) in [5.41, 5.74) is -0.621. The van der Waals surface area contributed by atoms with E-state index in [4.69, 9.17) is 4.74 Å². The molecule has 0 saturated carbocycles. The van der Waals surface area contributed by atoms with Crippen molar-refractivity contribution in [3.63, 3.8) is 0 Å². The highest BCUT2D eigenvalue weighted by Crippen LogP contribution is 2.31. The number of carbonyl (C=O) groups is 2. The summed E-state index contributed by atoms with van der Waals surface area (Å²) in [6.45, 7) is 6.79. The van der Waals surface area contributed by atoms with Crippen LogP contribution in [0, 0.1) is 0 Å². The fraction of sp³-hybridized carbons (Fsp3) is 0.818. The van der Waals surface area contributed by atoms with Gasteiger partial charge in [0.1, 0.15) is 5.60 Å². The number of hydrogen-bond donors (Lipinski definition) is 1. The van der Waals surface area contributed by atoms with E-state index in [-0.39, 0.29) is 17.5 Å². The Kier molecular flexibility index (Phi) is 2.36. The minimum Gasteiger partial charge on any atom is -0.444 e.